The van der Waals surface area contributed by atoms with E-state index in [-0.39, 0.29) is 24.5 Å². The van der Waals surface area contributed by atoms with Crippen LogP contribution in [0, 0.1) is 5.92 Å². The van der Waals surface area contributed by atoms with Gasteiger partial charge in [0.2, 0.25) is 0 Å². The van der Waals surface area contributed by atoms with Gasteiger partial charge >= 0.3 is 5.97 Å². The topological polar surface area (TPSA) is 90.7 Å². The molecule has 1 aliphatic rings. The highest BCUT2D eigenvalue weighted by Crippen LogP contribution is 2.26. The molecular weight excluding hydrogens is 272 g/mol. The van der Waals surface area contributed by atoms with E-state index in [9.17, 15) is 14.7 Å². The highest BCUT2D eigenvalue weighted by molar-refractivity contribution is 5.99. The lowest BCUT2D eigenvalue weighted by atomic mass is 10.0. The fourth-order valence-electron chi connectivity index (χ4n) is 2.59. The molecule has 1 amide bonds. The Morgan fingerprint density at radius 2 is 2.29 bits per heavy atom. The number of carboxylic acid groups (broad SMARTS) is 1. The van der Waals surface area contributed by atoms with Gasteiger partial charge in [0.1, 0.15) is 0 Å². The van der Waals surface area contributed by atoms with E-state index in [4.69, 9.17) is 5.11 Å². The maximum Gasteiger partial charge on any atom is 0.328 e. The van der Waals surface area contributed by atoms with Crippen LogP contribution in [0.4, 0.5) is 0 Å². The van der Waals surface area contributed by atoms with Crippen LogP contribution in [0.25, 0.3) is 6.08 Å². The lowest BCUT2D eigenvalue weighted by Crippen LogP contribution is -2.40. The summed E-state index contributed by atoms with van der Waals surface area (Å²) in [5.74, 6) is -1.04. The maximum absolute atomic E-state index is 12.6. The first kappa shape index (κ1) is 15.2. The van der Waals surface area contributed by atoms with E-state index in [1.54, 1.807) is 11.0 Å². The minimum absolute atomic E-state index is 0.0711. The molecule has 2 N–H and O–H groups in total. The first-order valence-corrected chi connectivity index (χ1v) is 6.81. The number of rotatable bonds is 4. The number of aromatic nitrogens is 1. The van der Waals surface area contributed by atoms with Crippen molar-refractivity contribution in [2.75, 3.05) is 13.2 Å². The van der Waals surface area contributed by atoms with Gasteiger partial charge in [0.05, 0.1) is 12.6 Å². The van der Waals surface area contributed by atoms with E-state index < -0.39 is 5.97 Å². The molecule has 0 spiro atoms. The van der Waals surface area contributed by atoms with Crippen molar-refractivity contribution in [2.24, 2.45) is 5.92 Å². The van der Waals surface area contributed by atoms with Gasteiger partial charge < -0.3 is 15.1 Å². The summed E-state index contributed by atoms with van der Waals surface area (Å²) in [5.41, 5.74) is 0.858. The van der Waals surface area contributed by atoms with Crippen molar-refractivity contribution in [3.05, 3.63) is 35.7 Å². The van der Waals surface area contributed by atoms with Gasteiger partial charge in [0.25, 0.3) is 5.91 Å². The van der Waals surface area contributed by atoms with Gasteiger partial charge in [-0.25, -0.2) is 4.79 Å². The summed E-state index contributed by atoms with van der Waals surface area (Å²) in [6.45, 7) is 2.53. The molecule has 21 heavy (non-hydrogen) atoms. The number of aliphatic carboxylic acids is 1. The summed E-state index contributed by atoms with van der Waals surface area (Å²) < 4.78 is 0. The predicted molar refractivity (Wildman–Crippen MR) is 76.6 cm³/mol. The van der Waals surface area contributed by atoms with Crippen LogP contribution in [-0.2, 0) is 4.79 Å². The van der Waals surface area contributed by atoms with Gasteiger partial charge in [-0.1, -0.05) is 6.92 Å². The molecule has 0 saturated carbocycles. The molecule has 1 aromatic heterocycles. The quantitative estimate of drug-likeness (QED) is 0.808. The largest absolute Gasteiger partial charge is 0.478 e. The highest BCUT2D eigenvalue weighted by atomic mass is 16.4. The molecule has 0 radical (unpaired) electrons. The van der Waals surface area contributed by atoms with Crippen molar-refractivity contribution in [3.8, 4) is 0 Å². The summed E-state index contributed by atoms with van der Waals surface area (Å²) in [6.07, 6.45) is 6.14. The summed E-state index contributed by atoms with van der Waals surface area (Å²) >= 11 is 0. The van der Waals surface area contributed by atoms with E-state index in [2.05, 4.69) is 4.98 Å². The molecule has 2 rings (SSSR count). The first-order valence-electron chi connectivity index (χ1n) is 6.81. The number of carboxylic acids is 1. The average molecular weight is 290 g/mol. The van der Waals surface area contributed by atoms with Crippen molar-refractivity contribution in [2.45, 2.75) is 19.4 Å². The molecule has 2 unspecified atom stereocenters. The third kappa shape index (κ3) is 3.28. The highest BCUT2D eigenvalue weighted by Gasteiger charge is 2.34. The Kier molecular flexibility index (Phi) is 4.70. The fourth-order valence-corrected chi connectivity index (χ4v) is 2.59. The van der Waals surface area contributed by atoms with Gasteiger partial charge in [-0.05, 0) is 24.5 Å². The van der Waals surface area contributed by atoms with Crippen LogP contribution in [-0.4, -0.2) is 51.2 Å². The standard InChI is InChI=1S/C15H18N2O4/c1-10-5-7-17(13(10)9-18)15(21)12-4-6-16-8-11(12)2-3-14(19)20/h2-4,6,8,10,13,18H,5,7,9H2,1H3,(H,19,20)/b3-2+. The molecule has 0 aliphatic carbocycles. The van der Waals surface area contributed by atoms with E-state index in [1.807, 2.05) is 6.92 Å². The van der Waals surface area contributed by atoms with Crippen molar-refractivity contribution >= 4 is 18.0 Å². The third-order valence-electron chi connectivity index (χ3n) is 3.82. The number of hydrogen-bond acceptors (Lipinski definition) is 4. The monoisotopic (exact) mass is 290 g/mol. The second kappa shape index (κ2) is 6.49. The van der Waals surface area contributed by atoms with Crippen LogP contribution in [0.2, 0.25) is 0 Å². The minimum atomic E-state index is -1.08. The summed E-state index contributed by atoms with van der Waals surface area (Å²) in [7, 11) is 0. The molecular formula is C15H18N2O4. The molecule has 1 saturated heterocycles. The number of nitrogens with zero attached hydrogens (tertiary/aromatic N) is 2. The second-order valence-electron chi connectivity index (χ2n) is 5.15. The Morgan fingerprint density at radius 3 is 2.95 bits per heavy atom. The Morgan fingerprint density at radius 1 is 1.52 bits per heavy atom. The molecule has 2 atom stereocenters. The smallest absolute Gasteiger partial charge is 0.328 e. The molecule has 1 fully saturated rings. The van der Waals surface area contributed by atoms with Crippen LogP contribution in [0.3, 0.4) is 0 Å². The number of amides is 1. The van der Waals surface area contributed by atoms with Crippen molar-refractivity contribution in [1.29, 1.82) is 0 Å². The van der Waals surface area contributed by atoms with Gasteiger partial charge in [0.15, 0.2) is 0 Å². The van der Waals surface area contributed by atoms with Crippen molar-refractivity contribution < 1.29 is 19.8 Å². The summed E-state index contributed by atoms with van der Waals surface area (Å²) in [4.78, 5) is 28.8. The number of likely N-dealkylation sites (tertiary alicyclic amines) is 1. The zero-order valence-electron chi connectivity index (χ0n) is 11.8. The summed E-state index contributed by atoms with van der Waals surface area (Å²) in [6, 6.07) is 1.38. The summed E-state index contributed by atoms with van der Waals surface area (Å²) in [5, 5.41) is 18.1. The van der Waals surface area contributed by atoms with E-state index in [0.29, 0.717) is 17.7 Å². The van der Waals surface area contributed by atoms with E-state index >= 15 is 0 Å². The van der Waals surface area contributed by atoms with Gasteiger partial charge in [-0.2, -0.15) is 0 Å². The van der Waals surface area contributed by atoms with Crippen LogP contribution in [0.15, 0.2) is 24.5 Å². The van der Waals surface area contributed by atoms with Crippen molar-refractivity contribution in [3.63, 3.8) is 0 Å². The molecule has 112 valence electrons. The van der Waals surface area contributed by atoms with Gasteiger partial charge in [0, 0.05) is 36.1 Å². The normalized spacial score (nSPS) is 21.9. The average Bonchev–Trinajstić information content (AvgIpc) is 2.85. The van der Waals surface area contributed by atoms with E-state index in [1.165, 1.54) is 18.5 Å². The number of carbonyl (C=O) groups is 2. The Bertz CT molecular complexity index is 571. The minimum Gasteiger partial charge on any atom is -0.478 e. The molecule has 0 aromatic carbocycles. The molecule has 6 nitrogen and oxygen atoms in total. The molecule has 1 aliphatic heterocycles. The van der Waals surface area contributed by atoms with Crippen LogP contribution in [0.1, 0.15) is 29.3 Å². The lowest BCUT2D eigenvalue weighted by Gasteiger charge is -2.25. The SMILES string of the molecule is CC1CCN(C(=O)c2ccncc2/C=C/C(=O)O)C1CO. The second-order valence-corrected chi connectivity index (χ2v) is 5.15. The third-order valence-corrected chi connectivity index (χ3v) is 3.82. The van der Waals surface area contributed by atoms with Crippen LogP contribution < -0.4 is 0 Å². The first-order chi connectivity index (χ1) is 10.0. The molecule has 1 aromatic rings. The van der Waals surface area contributed by atoms with Crippen LogP contribution >= 0.6 is 0 Å². The Balaban J connectivity index is 2.29. The number of carbonyl (C=O) groups excluding carboxylic acids is 1. The van der Waals surface area contributed by atoms with Crippen LogP contribution in [0.5, 0.6) is 0 Å². The zero-order chi connectivity index (χ0) is 15.4. The molecule has 6 heteroatoms. The maximum atomic E-state index is 12.6. The van der Waals surface area contributed by atoms with Crippen molar-refractivity contribution in [1.82, 2.24) is 9.88 Å². The fraction of sp³-hybridized carbons (Fsp3) is 0.400. The van der Waals surface area contributed by atoms with Gasteiger partial charge in [-0.3, -0.25) is 9.78 Å². The number of pyridine rings is 1. The molecule has 0 bridgehead atoms. The molecule has 2 heterocycles. The Labute approximate surface area is 122 Å². The predicted octanol–water partition coefficient (Wildman–Crippen LogP) is 1.02. The van der Waals surface area contributed by atoms with E-state index in [0.717, 1.165) is 12.5 Å². The lowest BCUT2D eigenvalue weighted by molar-refractivity contribution is -0.131. The van der Waals surface area contributed by atoms with Gasteiger partial charge in [-0.15, -0.1) is 0 Å². The zero-order valence-corrected chi connectivity index (χ0v) is 11.8. The Hall–Kier alpha value is -2.21. The number of hydrogen-bond donors (Lipinski definition) is 2. The number of aliphatic hydroxyl groups is 1. The number of aliphatic hydroxyl groups excluding tert-OH is 1.